The number of hydrogen-bond acceptors (Lipinski definition) is 7. The molecule has 188 valence electrons. The number of nitrogens with one attached hydrogen (secondary N) is 1. The number of benzene rings is 3. The lowest BCUT2D eigenvalue weighted by Gasteiger charge is -2.10. The number of amides is 1. The van der Waals surface area contributed by atoms with Crippen LogP contribution < -0.4 is 14.9 Å². The molecule has 2 heterocycles. The van der Waals surface area contributed by atoms with Gasteiger partial charge in [-0.25, -0.2) is 15.2 Å². The molecule has 1 N–H and O–H groups in total. The number of pyridine rings is 1. The van der Waals surface area contributed by atoms with Crippen LogP contribution in [0.15, 0.2) is 95.4 Å². The normalized spacial score (nSPS) is 11.0. The summed E-state index contributed by atoms with van der Waals surface area (Å²) in [7, 11) is 1.48. The summed E-state index contributed by atoms with van der Waals surface area (Å²) in [6, 6.07) is 24.9. The monoisotopic (exact) mass is 541 g/mol. The minimum absolute atomic E-state index is 0.282. The van der Waals surface area contributed by atoms with Crippen molar-refractivity contribution >= 4 is 51.9 Å². The summed E-state index contributed by atoms with van der Waals surface area (Å²) in [5, 5.41) is 7.24. The van der Waals surface area contributed by atoms with Crippen LogP contribution in [-0.2, 0) is 0 Å². The van der Waals surface area contributed by atoms with Crippen LogP contribution in [0.5, 0.6) is 11.5 Å². The Morgan fingerprint density at radius 3 is 2.55 bits per heavy atom. The van der Waals surface area contributed by atoms with Crippen molar-refractivity contribution in [3.05, 3.63) is 111 Å². The van der Waals surface area contributed by atoms with Crippen molar-refractivity contribution in [1.29, 1.82) is 0 Å². The second-order valence-electron chi connectivity index (χ2n) is 8.06. The summed E-state index contributed by atoms with van der Waals surface area (Å²) < 4.78 is 10.8. The Morgan fingerprint density at radius 1 is 0.974 bits per heavy atom. The molecule has 0 spiro atoms. The van der Waals surface area contributed by atoms with Crippen LogP contribution in [0.25, 0.3) is 22.2 Å². The van der Waals surface area contributed by atoms with Crippen molar-refractivity contribution in [3.63, 3.8) is 0 Å². The zero-order valence-electron chi connectivity index (χ0n) is 20.1. The molecule has 7 nitrogen and oxygen atoms in total. The molecule has 3 aromatic carbocycles. The average molecular weight is 542 g/mol. The highest BCUT2D eigenvalue weighted by Gasteiger charge is 2.15. The molecule has 0 bridgehead atoms. The molecule has 0 aliphatic carbocycles. The quantitative estimate of drug-likeness (QED) is 0.108. The molecule has 9 heteroatoms. The van der Waals surface area contributed by atoms with E-state index in [-0.39, 0.29) is 11.7 Å². The number of carbonyl (C=O) groups is 2. The van der Waals surface area contributed by atoms with E-state index in [1.807, 2.05) is 36.4 Å². The Balaban J connectivity index is 1.35. The first kappa shape index (κ1) is 25.1. The number of rotatable bonds is 7. The zero-order chi connectivity index (χ0) is 26.5. The number of thiophene rings is 1. The van der Waals surface area contributed by atoms with E-state index < -0.39 is 5.97 Å². The van der Waals surface area contributed by atoms with Gasteiger partial charge in [-0.1, -0.05) is 48.0 Å². The van der Waals surface area contributed by atoms with Gasteiger partial charge in [0.1, 0.15) is 4.88 Å². The van der Waals surface area contributed by atoms with Crippen molar-refractivity contribution in [2.24, 2.45) is 5.10 Å². The first-order chi connectivity index (χ1) is 18.5. The number of hydrogen-bond donors (Lipinski definition) is 1. The average Bonchev–Trinajstić information content (AvgIpc) is 3.49. The fraction of sp³-hybridized carbons (Fsp3) is 0.0345. The standard InChI is InChI=1S/C29H20ClN3O4S/c1-36-26-15-18(8-13-25(26)37-29(35)27-7-4-14-38-27)17-31-33-28(34)22-16-24(19-9-11-20(30)12-10-19)32-23-6-3-2-5-21(22)23/h2-17H,1H3,(H,33,34)/b31-17-. The number of hydrazone groups is 1. The molecule has 0 fully saturated rings. The molecule has 5 rings (SSSR count). The van der Waals surface area contributed by atoms with Gasteiger partial charge in [-0.3, -0.25) is 4.79 Å². The van der Waals surface area contributed by atoms with Crippen LogP contribution in [0.3, 0.4) is 0 Å². The van der Waals surface area contributed by atoms with Gasteiger partial charge in [-0.2, -0.15) is 5.10 Å². The predicted octanol–water partition coefficient (Wildman–Crippen LogP) is 6.61. The number of carbonyl (C=O) groups excluding carboxylic acids is 2. The highest BCUT2D eigenvalue weighted by atomic mass is 35.5. The number of esters is 1. The maximum Gasteiger partial charge on any atom is 0.353 e. The number of para-hydroxylation sites is 1. The third kappa shape index (κ3) is 5.56. The van der Waals surface area contributed by atoms with Crippen molar-refractivity contribution < 1.29 is 19.1 Å². The predicted molar refractivity (Wildman–Crippen MR) is 150 cm³/mol. The molecule has 1 amide bonds. The Morgan fingerprint density at radius 2 is 1.79 bits per heavy atom. The number of fused-ring (bicyclic) bond motifs is 1. The van der Waals surface area contributed by atoms with Gasteiger partial charge >= 0.3 is 5.97 Å². The molecule has 0 saturated carbocycles. The first-order valence-corrected chi connectivity index (χ1v) is 12.7. The van der Waals surface area contributed by atoms with Gasteiger partial charge in [0.15, 0.2) is 11.5 Å². The van der Waals surface area contributed by atoms with Gasteiger partial charge in [0, 0.05) is 16.0 Å². The summed E-state index contributed by atoms with van der Waals surface area (Å²) in [5.74, 6) is -0.207. The minimum Gasteiger partial charge on any atom is -0.493 e. The van der Waals surface area contributed by atoms with Crippen molar-refractivity contribution in [3.8, 4) is 22.8 Å². The summed E-state index contributed by atoms with van der Waals surface area (Å²) in [6.07, 6.45) is 1.48. The number of halogens is 1. The van der Waals surface area contributed by atoms with Crippen LogP contribution in [-0.4, -0.2) is 30.2 Å². The van der Waals surface area contributed by atoms with E-state index in [9.17, 15) is 9.59 Å². The molecule has 0 saturated heterocycles. The zero-order valence-corrected chi connectivity index (χ0v) is 21.6. The van der Waals surface area contributed by atoms with E-state index >= 15 is 0 Å². The first-order valence-electron chi connectivity index (χ1n) is 11.4. The SMILES string of the molecule is COc1cc(/C=N\NC(=O)c2cc(-c3ccc(Cl)cc3)nc3ccccc23)ccc1OC(=O)c1cccs1. The topological polar surface area (TPSA) is 89.9 Å². The molecule has 0 atom stereocenters. The van der Waals surface area contributed by atoms with Gasteiger partial charge in [-0.05, 0) is 59.5 Å². The highest BCUT2D eigenvalue weighted by molar-refractivity contribution is 7.12. The van der Waals surface area contributed by atoms with Crippen LogP contribution in [0.1, 0.15) is 25.6 Å². The van der Waals surface area contributed by atoms with Gasteiger partial charge < -0.3 is 9.47 Å². The lowest BCUT2D eigenvalue weighted by Crippen LogP contribution is -2.18. The molecule has 5 aromatic rings. The molecule has 2 aromatic heterocycles. The maximum atomic E-state index is 13.1. The molecule has 0 radical (unpaired) electrons. The Bertz CT molecular complexity index is 1650. The van der Waals surface area contributed by atoms with Gasteiger partial charge in [-0.15, -0.1) is 11.3 Å². The Hall–Kier alpha value is -4.53. The van der Waals surface area contributed by atoms with E-state index in [1.54, 1.807) is 53.9 Å². The van der Waals surface area contributed by atoms with E-state index in [4.69, 9.17) is 26.1 Å². The van der Waals surface area contributed by atoms with E-state index in [2.05, 4.69) is 10.5 Å². The number of methoxy groups -OCH3 is 1. The second-order valence-corrected chi connectivity index (χ2v) is 9.44. The van der Waals surface area contributed by atoms with Gasteiger partial charge in [0.25, 0.3) is 5.91 Å². The molecule has 0 aliphatic rings. The van der Waals surface area contributed by atoms with Crippen molar-refractivity contribution in [2.45, 2.75) is 0 Å². The molecule has 0 aliphatic heterocycles. The third-order valence-corrected chi connectivity index (χ3v) is 6.70. The van der Waals surface area contributed by atoms with Crippen LogP contribution in [0, 0.1) is 0 Å². The van der Waals surface area contributed by atoms with Crippen molar-refractivity contribution in [2.75, 3.05) is 7.11 Å². The summed E-state index contributed by atoms with van der Waals surface area (Å²) >= 11 is 7.32. The number of aromatic nitrogens is 1. The van der Waals surface area contributed by atoms with Gasteiger partial charge in [0.05, 0.1) is 30.1 Å². The Kier molecular flexibility index (Phi) is 7.44. The fourth-order valence-electron chi connectivity index (χ4n) is 3.75. The number of ether oxygens (including phenoxy) is 2. The van der Waals surface area contributed by atoms with Crippen LogP contribution in [0.2, 0.25) is 5.02 Å². The molecular formula is C29H20ClN3O4S. The summed E-state index contributed by atoms with van der Waals surface area (Å²) in [4.78, 5) is 30.6. The lowest BCUT2D eigenvalue weighted by molar-refractivity contribution is 0.0734. The van der Waals surface area contributed by atoms with Crippen molar-refractivity contribution in [1.82, 2.24) is 10.4 Å². The molecule has 0 unspecified atom stereocenters. The van der Waals surface area contributed by atoms with E-state index in [0.717, 1.165) is 5.56 Å². The lowest BCUT2D eigenvalue weighted by atomic mass is 10.0. The van der Waals surface area contributed by atoms with E-state index in [1.165, 1.54) is 24.7 Å². The largest absolute Gasteiger partial charge is 0.493 e. The van der Waals surface area contributed by atoms with Gasteiger partial charge in [0.2, 0.25) is 0 Å². The van der Waals surface area contributed by atoms with Crippen LogP contribution in [0.4, 0.5) is 0 Å². The fourth-order valence-corrected chi connectivity index (χ4v) is 4.48. The summed E-state index contributed by atoms with van der Waals surface area (Å²) in [6.45, 7) is 0. The number of nitrogens with zero attached hydrogens (tertiary/aromatic N) is 2. The Labute approximate surface area is 227 Å². The molecule has 38 heavy (non-hydrogen) atoms. The molecular weight excluding hydrogens is 522 g/mol. The van der Waals surface area contributed by atoms with Crippen LogP contribution >= 0.6 is 22.9 Å². The highest BCUT2D eigenvalue weighted by Crippen LogP contribution is 2.29. The second kappa shape index (κ2) is 11.2. The summed E-state index contributed by atoms with van der Waals surface area (Å²) in [5.41, 5.74) is 5.83. The maximum absolute atomic E-state index is 13.1. The third-order valence-electron chi connectivity index (χ3n) is 5.59. The minimum atomic E-state index is -0.463. The van der Waals surface area contributed by atoms with E-state index in [0.29, 0.717) is 43.4 Å². The smallest absolute Gasteiger partial charge is 0.353 e.